The number of nitro benzene ring substituents is 1. The minimum atomic E-state index is -0.645. The van der Waals surface area contributed by atoms with Gasteiger partial charge in [-0.15, -0.1) is 11.8 Å². The number of rotatable bonds is 10. The van der Waals surface area contributed by atoms with Crippen LogP contribution in [0, 0.1) is 10.1 Å². The van der Waals surface area contributed by atoms with Crippen LogP contribution in [0.2, 0.25) is 5.02 Å². The number of hydrogen-bond acceptors (Lipinski definition) is 5. The van der Waals surface area contributed by atoms with E-state index in [1.807, 2.05) is 25.1 Å². The fourth-order valence-electron chi connectivity index (χ4n) is 2.77. The standard InChI is InChI=1S/C21H24ClN3O4S/c1-3-23-21(27)15(2)24(12-17-6-4-5-7-19(17)22)20(26)14-30-13-16-8-10-18(11-9-16)25(28)29/h4-11,15H,3,12-14H2,1-2H3,(H,23,27)/t15-/m0/s1. The molecule has 0 bridgehead atoms. The normalized spacial score (nSPS) is 11.6. The lowest BCUT2D eigenvalue weighted by atomic mass is 10.1. The number of non-ortho nitro benzene ring substituents is 1. The number of nitrogens with zero attached hydrogens (tertiary/aromatic N) is 2. The van der Waals surface area contributed by atoms with Crippen molar-refractivity contribution in [3.63, 3.8) is 0 Å². The summed E-state index contributed by atoms with van der Waals surface area (Å²) in [7, 11) is 0. The molecule has 0 radical (unpaired) electrons. The van der Waals surface area contributed by atoms with Crippen LogP contribution in [0.1, 0.15) is 25.0 Å². The highest BCUT2D eigenvalue weighted by molar-refractivity contribution is 7.99. The summed E-state index contributed by atoms with van der Waals surface area (Å²) in [5, 5.41) is 14.0. The Kier molecular flexibility index (Phi) is 9.14. The third-order valence-corrected chi connectivity index (χ3v) is 5.82. The van der Waals surface area contributed by atoms with E-state index in [-0.39, 0.29) is 29.8 Å². The zero-order valence-corrected chi connectivity index (χ0v) is 18.4. The monoisotopic (exact) mass is 449 g/mol. The molecule has 2 amide bonds. The van der Waals surface area contributed by atoms with Gasteiger partial charge in [-0.25, -0.2) is 0 Å². The quantitative estimate of drug-likeness (QED) is 0.436. The van der Waals surface area contributed by atoms with Gasteiger partial charge in [0.25, 0.3) is 5.69 Å². The van der Waals surface area contributed by atoms with Gasteiger partial charge in [-0.05, 0) is 31.0 Å². The predicted molar refractivity (Wildman–Crippen MR) is 119 cm³/mol. The number of carbonyl (C=O) groups excluding carboxylic acids is 2. The molecule has 0 aliphatic rings. The summed E-state index contributed by atoms with van der Waals surface area (Å²) in [5.41, 5.74) is 1.68. The summed E-state index contributed by atoms with van der Waals surface area (Å²) in [5.74, 6) is 0.295. The Balaban J connectivity index is 2.04. The molecular formula is C21H24ClN3O4S. The fourth-order valence-corrected chi connectivity index (χ4v) is 3.83. The van der Waals surface area contributed by atoms with Crippen molar-refractivity contribution < 1.29 is 14.5 Å². The number of thioether (sulfide) groups is 1. The molecule has 1 atom stereocenters. The van der Waals surface area contributed by atoms with Crippen molar-refractivity contribution in [1.29, 1.82) is 0 Å². The van der Waals surface area contributed by atoms with Crippen LogP contribution in [0.5, 0.6) is 0 Å². The smallest absolute Gasteiger partial charge is 0.269 e. The maximum absolute atomic E-state index is 12.9. The summed E-state index contributed by atoms with van der Waals surface area (Å²) in [6, 6.07) is 12.8. The molecule has 0 aliphatic heterocycles. The van der Waals surface area contributed by atoms with Gasteiger partial charge in [-0.3, -0.25) is 19.7 Å². The van der Waals surface area contributed by atoms with E-state index in [9.17, 15) is 19.7 Å². The van der Waals surface area contributed by atoms with Crippen LogP contribution in [-0.4, -0.2) is 40.0 Å². The molecule has 0 heterocycles. The molecule has 0 unspecified atom stereocenters. The number of likely N-dealkylation sites (N-methyl/N-ethyl adjacent to an activating group) is 1. The first-order valence-electron chi connectivity index (χ1n) is 9.45. The second kappa shape index (κ2) is 11.6. The molecular weight excluding hydrogens is 426 g/mol. The van der Waals surface area contributed by atoms with Gasteiger partial charge in [0.2, 0.25) is 11.8 Å². The van der Waals surface area contributed by atoms with Gasteiger partial charge in [0.05, 0.1) is 10.7 Å². The zero-order valence-electron chi connectivity index (χ0n) is 16.8. The highest BCUT2D eigenvalue weighted by Crippen LogP contribution is 2.21. The summed E-state index contributed by atoms with van der Waals surface area (Å²) < 4.78 is 0. The molecule has 0 aliphatic carbocycles. The molecule has 9 heteroatoms. The van der Waals surface area contributed by atoms with Crippen molar-refractivity contribution in [1.82, 2.24) is 10.2 Å². The number of nitro groups is 1. The van der Waals surface area contributed by atoms with Crippen molar-refractivity contribution in [2.45, 2.75) is 32.2 Å². The number of halogens is 1. The second-order valence-electron chi connectivity index (χ2n) is 6.60. The summed E-state index contributed by atoms with van der Waals surface area (Å²) in [6.45, 7) is 4.23. The van der Waals surface area contributed by atoms with Gasteiger partial charge in [0.1, 0.15) is 6.04 Å². The Hall–Kier alpha value is -2.58. The van der Waals surface area contributed by atoms with E-state index >= 15 is 0 Å². The zero-order chi connectivity index (χ0) is 22.1. The number of amides is 2. The van der Waals surface area contributed by atoms with E-state index in [4.69, 9.17) is 11.6 Å². The molecule has 2 rings (SSSR count). The molecule has 0 saturated heterocycles. The number of nitrogens with one attached hydrogen (secondary N) is 1. The van der Waals surface area contributed by atoms with Crippen molar-refractivity contribution >= 4 is 40.9 Å². The Bertz CT molecular complexity index is 892. The van der Waals surface area contributed by atoms with E-state index in [1.165, 1.54) is 28.8 Å². The van der Waals surface area contributed by atoms with Gasteiger partial charge in [0.15, 0.2) is 0 Å². The lowest BCUT2D eigenvalue weighted by Crippen LogP contribution is -2.48. The lowest BCUT2D eigenvalue weighted by molar-refractivity contribution is -0.384. The van der Waals surface area contributed by atoms with Crippen LogP contribution in [0.25, 0.3) is 0 Å². The maximum atomic E-state index is 12.9. The average Bonchev–Trinajstić information content (AvgIpc) is 2.73. The number of benzene rings is 2. The van der Waals surface area contributed by atoms with Crippen LogP contribution in [-0.2, 0) is 21.9 Å². The molecule has 0 fully saturated rings. The average molecular weight is 450 g/mol. The molecule has 1 N–H and O–H groups in total. The SMILES string of the molecule is CCNC(=O)[C@H](C)N(Cc1ccccc1Cl)C(=O)CSCc1ccc([N+](=O)[O-])cc1. The lowest BCUT2D eigenvalue weighted by Gasteiger charge is -2.29. The first kappa shape index (κ1) is 23.7. The van der Waals surface area contributed by atoms with Crippen LogP contribution in [0.3, 0.4) is 0 Å². The Morgan fingerprint density at radius 2 is 1.87 bits per heavy atom. The maximum Gasteiger partial charge on any atom is 0.269 e. The fraction of sp³-hybridized carbons (Fsp3) is 0.333. The van der Waals surface area contributed by atoms with E-state index < -0.39 is 11.0 Å². The van der Waals surface area contributed by atoms with Crippen LogP contribution in [0.4, 0.5) is 5.69 Å². The largest absolute Gasteiger partial charge is 0.355 e. The topological polar surface area (TPSA) is 92.6 Å². The first-order chi connectivity index (χ1) is 14.3. The molecule has 160 valence electrons. The van der Waals surface area contributed by atoms with Crippen molar-refractivity contribution in [2.24, 2.45) is 0 Å². The van der Waals surface area contributed by atoms with E-state index in [1.54, 1.807) is 25.1 Å². The second-order valence-corrected chi connectivity index (χ2v) is 7.99. The summed E-state index contributed by atoms with van der Waals surface area (Å²) in [4.78, 5) is 37.1. The van der Waals surface area contributed by atoms with Crippen LogP contribution >= 0.6 is 23.4 Å². The molecule has 0 spiro atoms. The first-order valence-corrected chi connectivity index (χ1v) is 11.0. The molecule has 2 aromatic carbocycles. The minimum absolute atomic E-state index is 0.0292. The van der Waals surface area contributed by atoms with Crippen molar-refractivity contribution in [2.75, 3.05) is 12.3 Å². The van der Waals surface area contributed by atoms with Crippen molar-refractivity contribution in [3.8, 4) is 0 Å². The van der Waals surface area contributed by atoms with E-state index in [0.717, 1.165) is 11.1 Å². The highest BCUT2D eigenvalue weighted by Gasteiger charge is 2.26. The molecule has 2 aromatic rings. The van der Waals surface area contributed by atoms with Gasteiger partial charge in [-0.2, -0.15) is 0 Å². The van der Waals surface area contributed by atoms with Gasteiger partial charge in [-0.1, -0.05) is 41.9 Å². The third-order valence-electron chi connectivity index (χ3n) is 4.46. The minimum Gasteiger partial charge on any atom is -0.355 e. The number of carbonyl (C=O) groups is 2. The summed E-state index contributed by atoms with van der Waals surface area (Å²) in [6.07, 6.45) is 0. The summed E-state index contributed by atoms with van der Waals surface area (Å²) >= 11 is 7.63. The number of hydrogen-bond donors (Lipinski definition) is 1. The van der Waals surface area contributed by atoms with Crippen molar-refractivity contribution in [3.05, 3.63) is 74.8 Å². The van der Waals surface area contributed by atoms with Crippen LogP contribution in [0.15, 0.2) is 48.5 Å². The molecule has 30 heavy (non-hydrogen) atoms. The Morgan fingerprint density at radius 1 is 1.20 bits per heavy atom. The van der Waals surface area contributed by atoms with E-state index in [0.29, 0.717) is 17.3 Å². The predicted octanol–water partition coefficient (Wildman–Crippen LogP) is 4.03. The van der Waals surface area contributed by atoms with Gasteiger partial charge < -0.3 is 10.2 Å². The van der Waals surface area contributed by atoms with E-state index in [2.05, 4.69) is 5.32 Å². The Labute approximate surface area is 184 Å². The molecule has 0 saturated carbocycles. The third kappa shape index (κ3) is 6.74. The molecule has 7 nitrogen and oxygen atoms in total. The Morgan fingerprint density at radius 3 is 2.47 bits per heavy atom. The highest BCUT2D eigenvalue weighted by atomic mass is 35.5. The van der Waals surface area contributed by atoms with Crippen LogP contribution < -0.4 is 5.32 Å². The molecule has 0 aromatic heterocycles. The van der Waals surface area contributed by atoms with Gasteiger partial charge >= 0.3 is 0 Å². The van der Waals surface area contributed by atoms with Gasteiger partial charge in [0, 0.05) is 36.0 Å².